The van der Waals surface area contributed by atoms with E-state index in [4.69, 9.17) is 17.3 Å². The number of halogens is 1. The molecule has 0 bridgehead atoms. The molecule has 6 heteroatoms. The molecule has 17 heavy (non-hydrogen) atoms. The Hall–Kier alpha value is -1.75. The quantitative estimate of drug-likeness (QED) is 0.698. The van der Waals surface area contributed by atoms with Gasteiger partial charge in [0.25, 0.3) is 5.91 Å². The van der Waals surface area contributed by atoms with Crippen LogP contribution in [0.1, 0.15) is 17.3 Å². The molecule has 0 aliphatic carbocycles. The van der Waals surface area contributed by atoms with E-state index in [0.717, 1.165) is 0 Å². The maximum atomic E-state index is 11.9. The van der Waals surface area contributed by atoms with Gasteiger partial charge in [-0.3, -0.25) is 9.59 Å². The lowest BCUT2D eigenvalue weighted by Crippen LogP contribution is -2.43. The first-order chi connectivity index (χ1) is 7.97. The number of nitrogens with one attached hydrogen (secondary N) is 2. The van der Waals surface area contributed by atoms with Gasteiger partial charge in [0.05, 0.1) is 10.6 Å². The molecule has 0 saturated carbocycles. The van der Waals surface area contributed by atoms with Crippen LogP contribution in [0.25, 0.3) is 0 Å². The topological polar surface area (TPSA) is 84.2 Å². The fourth-order valence-electron chi connectivity index (χ4n) is 1.33. The van der Waals surface area contributed by atoms with Crippen molar-refractivity contribution in [3.05, 3.63) is 28.8 Å². The average molecular weight is 256 g/mol. The molecular formula is C11H14ClN3O2. The molecule has 1 rings (SSSR count). The van der Waals surface area contributed by atoms with E-state index in [1.165, 1.54) is 7.05 Å². The third-order valence-electron chi connectivity index (χ3n) is 2.26. The van der Waals surface area contributed by atoms with Crippen LogP contribution < -0.4 is 16.4 Å². The number of hydrogen-bond donors (Lipinski definition) is 3. The lowest BCUT2D eigenvalue weighted by molar-refractivity contribution is -0.122. The molecule has 0 aliphatic rings. The fourth-order valence-corrected chi connectivity index (χ4v) is 1.60. The van der Waals surface area contributed by atoms with Gasteiger partial charge in [-0.15, -0.1) is 0 Å². The Morgan fingerprint density at radius 1 is 1.41 bits per heavy atom. The number of nitrogens with two attached hydrogens (primary N) is 1. The third kappa shape index (κ3) is 3.10. The summed E-state index contributed by atoms with van der Waals surface area (Å²) in [6.07, 6.45) is 0. The van der Waals surface area contributed by atoms with Gasteiger partial charge in [0, 0.05) is 12.7 Å². The zero-order valence-corrected chi connectivity index (χ0v) is 10.3. The van der Waals surface area contributed by atoms with E-state index in [2.05, 4.69) is 10.6 Å². The van der Waals surface area contributed by atoms with Gasteiger partial charge in [0.2, 0.25) is 5.91 Å². The molecule has 1 aromatic rings. The first-order valence-corrected chi connectivity index (χ1v) is 5.41. The Kier molecular flexibility index (Phi) is 4.34. The minimum absolute atomic E-state index is 0.185. The Balaban J connectivity index is 2.87. The molecule has 0 fully saturated rings. The van der Waals surface area contributed by atoms with Gasteiger partial charge in [-0.25, -0.2) is 0 Å². The highest BCUT2D eigenvalue weighted by Crippen LogP contribution is 2.21. The monoisotopic (exact) mass is 255 g/mol. The zero-order chi connectivity index (χ0) is 13.0. The van der Waals surface area contributed by atoms with Gasteiger partial charge >= 0.3 is 0 Å². The molecule has 1 atom stereocenters. The SMILES string of the molecule is CNC(=O)C(C)NC(=O)c1c(N)cccc1Cl. The van der Waals surface area contributed by atoms with E-state index in [0.29, 0.717) is 0 Å². The van der Waals surface area contributed by atoms with Crippen LogP contribution in [0.3, 0.4) is 0 Å². The van der Waals surface area contributed by atoms with Crippen molar-refractivity contribution in [1.29, 1.82) is 0 Å². The summed E-state index contributed by atoms with van der Waals surface area (Å²) in [4.78, 5) is 23.1. The number of carbonyl (C=O) groups is 2. The summed E-state index contributed by atoms with van der Waals surface area (Å²) < 4.78 is 0. The summed E-state index contributed by atoms with van der Waals surface area (Å²) in [5, 5.41) is 5.20. The Morgan fingerprint density at radius 3 is 2.59 bits per heavy atom. The van der Waals surface area contributed by atoms with E-state index >= 15 is 0 Å². The zero-order valence-electron chi connectivity index (χ0n) is 9.58. The first kappa shape index (κ1) is 13.3. The van der Waals surface area contributed by atoms with Crippen LogP contribution in [0.15, 0.2) is 18.2 Å². The van der Waals surface area contributed by atoms with Crippen LogP contribution in [-0.2, 0) is 4.79 Å². The van der Waals surface area contributed by atoms with Crippen LogP contribution in [-0.4, -0.2) is 24.9 Å². The molecule has 92 valence electrons. The highest BCUT2D eigenvalue weighted by atomic mass is 35.5. The van der Waals surface area contributed by atoms with E-state index in [-0.39, 0.29) is 22.2 Å². The van der Waals surface area contributed by atoms with Gasteiger partial charge in [-0.1, -0.05) is 17.7 Å². The summed E-state index contributed by atoms with van der Waals surface area (Å²) in [5.41, 5.74) is 6.12. The number of hydrogen-bond acceptors (Lipinski definition) is 3. The number of amides is 2. The van der Waals surface area contributed by atoms with Gasteiger partial charge in [0.1, 0.15) is 6.04 Å². The van der Waals surface area contributed by atoms with Crippen LogP contribution in [0.2, 0.25) is 5.02 Å². The largest absolute Gasteiger partial charge is 0.398 e. The number of carbonyl (C=O) groups excluding carboxylic acids is 2. The Labute approximate surface area is 104 Å². The summed E-state index contributed by atoms with van der Waals surface area (Å²) in [6.45, 7) is 1.57. The maximum Gasteiger partial charge on any atom is 0.255 e. The van der Waals surface area contributed by atoms with Gasteiger partial charge in [-0.05, 0) is 19.1 Å². The van der Waals surface area contributed by atoms with E-state index in [1.54, 1.807) is 25.1 Å². The van der Waals surface area contributed by atoms with Crippen molar-refractivity contribution in [2.24, 2.45) is 0 Å². The number of likely N-dealkylation sites (N-methyl/N-ethyl adjacent to an activating group) is 1. The van der Waals surface area contributed by atoms with Crippen LogP contribution >= 0.6 is 11.6 Å². The van der Waals surface area contributed by atoms with Crippen molar-refractivity contribution in [3.8, 4) is 0 Å². The summed E-state index contributed by atoms with van der Waals surface area (Å²) in [5.74, 6) is -0.756. The van der Waals surface area contributed by atoms with Crippen molar-refractivity contribution in [3.63, 3.8) is 0 Å². The van der Waals surface area contributed by atoms with E-state index < -0.39 is 11.9 Å². The third-order valence-corrected chi connectivity index (χ3v) is 2.58. The molecule has 0 saturated heterocycles. The number of anilines is 1. The van der Waals surface area contributed by atoms with Crippen LogP contribution in [0.5, 0.6) is 0 Å². The number of benzene rings is 1. The molecule has 1 unspecified atom stereocenters. The molecule has 0 heterocycles. The van der Waals surface area contributed by atoms with Crippen molar-refractivity contribution in [2.45, 2.75) is 13.0 Å². The van der Waals surface area contributed by atoms with Crippen LogP contribution in [0, 0.1) is 0 Å². The Morgan fingerprint density at radius 2 is 2.06 bits per heavy atom. The molecule has 0 aliphatic heterocycles. The lowest BCUT2D eigenvalue weighted by atomic mass is 10.1. The van der Waals surface area contributed by atoms with Gasteiger partial charge in [0.15, 0.2) is 0 Å². The summed E-state index contributed by atoms with van der Waals surface area (Å²) >= 11 is 5.88. The second-order valence-electron chi connectivity index (χ2n) is 3.51. The molecule has 0 radical (unpaired) electrons. The number of nitrogen functional groups attached to an aromatic ring is 1. The molecule has 4 N–H and O–H groups in total. The van der Waals surface area contributed by atoms with Gasteiger partial charge < -0.3 is 16.4 Å². The smallest absolute Gasteiger partial charge is 0.255 e. The van der Waals surface area contributed by atoms with Crippen molar-refractivity contribution in [1.82, 2.24) is 10.6 Å². The highest BCUT2D eigenvalue weighted by molar-refractivity contribution is 6.34. The standard InChI is InChI=1S/C11H14ClN3O2/c1-6(10(16)14-2)15-11(17)9-7(12)4-3-5-8(9)13/h3-6H,13H2,1-2H3,(H,14,16)(H,15,17). The fraction of sp³-hybridized carbons (Fsp3) is 0.273. The van der Waals surface area contributed by atoms with Crippen molar-refractivity contribution < 1.29 is 9.59 Å². The molecule has 0 aromatic heterocycles. The molecule has 0 spiro atoms. The average Bonchev–Trinajstić information content (AvgIpc) is 2.27. The lowest BCUT2D eigenvalue weighted by Gasteiger charge is -2.14. The second-order valence-corrected chi connectivity index (χ2v) is 3.92. The number of rotatable bonds is 3. The van der Waals surface area contributed by atoms with Crippen molar-refractivity contribution in [2.75, 3.05) is 12.8 Å². The molecular weight excluding hydrogens is 242 g/mol. The van der Waals surface area contributed by atoms with Crippen molar-refractivity contribution >= 4 is 29.1 Å². The minimum Gasteiger partial charge on any atom is -0.398 e. The molecule has 2 amide bonds. The first-order valence-electron chi connectivity index (χ1n) is 5.03. The van der Waals surface area contributed by atoms with E-state index in [1.807, 2.05) is 0 Å². The maximum absolute atomic E-state index is 11.9. The Bertz CT molecular complexity index is 428. The van der Waals surface area contributed by atoms with E-state index in [9.17, 15) is 9.59 Å². The normalized spacial score (nSPS) is 11.7. The highest BCUT2D eigenvalue weighted by Gasteiger charge is 2.18. The second kappa shape index (κ2) is 5.54. The molecule has 5 nitrogen and oxygen atoms in total. The molecule has 1 aromatic carbocycles. The summed E-state index contributed by atoms with van der Waals surface area (Å²) in [7, 11) is 1.49. The van der Waals surface area contributed by atoms with Gasteiger partial charge in [-0.2, -0.15) is 0 Å². The summed E-state index contributed by atoms with van der Waals surface area (Å²) in [6, 6.07) is 4.14. The predicted molar refractivity (Wildman–Crippen MR) is 66.9 cm³/mol. The minimum atomic E-state index is -0.650. The predicted octanol–water partition coefficient (Wildman–Crippen LogP) is 0.787. The van der Waals surface area contributed by atoms with Crippen LogP contribution in [0.4, 0.5) is 5.69 Å².